The number of aliphatic carboxylic acids is 1. The summed E-state index contributed by atoms with van der Waals surface area (Å²) in [5.74, 6) is 0.517. The second-order valence-electron chi connectivity index (χ2n) is 4.28. The number of hydrogen-bond acceptors (Lipinski definition) is 1. The maximum absolute atomic E-state index is 10.5. The van der Waals surface area contributed by atoms with Gasteiger partial charge in [-0.2, -0.15) is 0 Å². The Morgan fingerprint density at radius 3 is 2.36 bits per heavy atom. The van der Waals surface area contributed by atoms with Gasteiger partial charge in [-0.15, -0.1) is 0 Å². The molecule has 0 fully saturated rings. The second-order valence-corrected chi connectivity index (χ2v) is 4.28. The van der Waals surface area contributed by atoms with Crippen LogP contribution in [0.25, 0.3) is 0 Å². The zero-order chi connectivity index (χ0) is 11.1. The largest absolute Gasteiger partial charge is 0.478 e. The molecule has 0 aromatic carbocycles. The average molecular weight is 198 g/mol. The lowest BCUT2D eigenvalue weighted by molar-refractivity contribution is -0.132. The Morgan fingerprint density at radius 1 is 1.36 bits per heavy atom. The number of carboxylic acids is 1. The van der Waals surface area contributed by atoms with E-state index in [1.165, 1.54) is 12.8 Å². The van der Waals surface area contributed by atoms with Crippen molar-refractivity contribution in [2.75, 3.05) is 0 Å². The van der Waals surface area contributed by atoms with Gasteiger partial charge in [0.2, 0.25) is 0 Å². The smallest absolute Gasteiger partial charge is 0.330 e. The fourth-order valence-electron chi connectivity index (χ4n) is 1.42. The van der Waals surface area contributed by atoms with Crippen LogP contribution in [0, 0.1) is 11.8 Å². The summed E-state index contributed by atoms with van der Waals surface area (Å²) in [5, 5.41) is 8.65. The third kappa shape index (κ3) is 5.79. The van der Waals surface area contributed by atoms with Crippen molar-refractivity contribution in [3.05, 3.63) is 11.6 Å². The normalized spacial score (nSPS) is 16.4. The highest BCUT2D eigenvalue weighted by Gasteiger charge is 2.07. The highest BCUT2D eigenvalue weighted by atomic mass is 16.4. The Balaban J connectivity index is 3.89. The summed E-state index contributed by atoms with van der Waals surface area (Å²) in [4.78, 5) is 10.5. The summed E-state index contributed by atoms with van der Waals surface area (Å²) >= 11 is 0. The van der Waals surface area contributed by atoms with Crippen molar-refractivity contribution in [1.29, 1.82) is 0 Å². The molecule has 2 atom stereocenters. The standard InChI is InChI=1S/C12H22O2/c1-5-9(2)8-10(3)6-7-11(4)12(13)14/h7,9-10H,5-6,8H2,1-4H3,(H,13,14). The molecule has 0 rings (SSSR count). The minimum atomic E-state index is -0.805. The molecule has 0 saturated heterocycles. The highest BCUT2D eigenvalue weighted by Crippen LogP contribution is 2.18. The molecule has 0 heterocycles. The first-order chi connectivity index (χ1) is 6.47. The van der Waals surface area contributed by atoms with Gasteiger partial charge in [-0.25, -0.2) is 4.79 Å². The highest BCUT2D eigenvalue weighted by molar-refractivity contribution is 5.85. The Hall–Kier alpha value is -0.790. The molecule has 0 aromatic rings. The number of hydrogen-bond donors (Lipinski definition) is 1. The van der Waals surface area contributed by atoms with Gasteiger partial charge in [-0.05, 0) is 31.6 Å². The molecule has 0 aliphatic rings. The molecule has 14 heavy (non-hydrogen) atoms. The summed E-state index contributed by atoms with van der Waals surface area (Å²) in [6.07, 6.45) is 5.09. The Labute approximate surface area is 87.0 Å². The lowest BCUT2D eigenvalue weighted by Crippen LogP contribution is -2.02. The van der Waals surface area contributed by atoms with Crippen molar-refractivity contribution in [3.63, 3.8) is 0 Å². The van der Waals surface area contributed by atoms with Crippen LogP contribution in [0.1, 0.15) is 47.0 Å². The molecule has 0 aliphatic carbocycles. The predicted molar refractivity (Wildman–Crippen MR) is 59.2 cm³/mol. The van der Waals surface area contributed by atoms with E-state index in [0.717, 1.165) is 12.3 Å². The molecule has 0 saturated carbocycles. The molecule has 82 valence electrons. The molecule has 2 nitrogen and oxygen atoms in total. The van der Waals surface area contributed by atoms with Crippen LogP contribution in [-0.4, -0.2) is 11.1 Å². The summed E-state index contributed by atoms with van der Waals surface area (Å²) in [6, 6.07) is 0. The van der Waals surface area contributed by atoms with Gasteiger partial charge in [0, 0.05) is 5.57 Å². The van der Waals surface area contributed by atoms with Crippen molar-refractivity contribution >= 4 is 5.97 Å². The van der Waals surface area contributed by atoms with Gasteiger partial charge in [0.25, 0.3) is 0 Å². The third-order valence-corrected chi connectivity index (χ3v) is 2.67. The van der Waals surface area contributed by atoms with Crippen molar-refractivity contribution in [3.8, 4) is 0 Å². The van der Waals surface area contributed by atoms with E-state index < -0.39 is 5.97 Å². The molecule has 0 bridgehead atoms. The van der Waals surface area contributed by atoms with Crippen molar-refractivity contribution in [2.24, 2.45) is 11.8 Å². The van der Waals surface area contributed by atoms with Crippen LogP contribution in [0.3, 0.4) is 0 Å². The molecule has 0 spiro atoms. The fraction of sp³-hybridized carbons (Fsp3) is 0.750. The minimum absolute atomic E-state index is 0.459. The van der Waals surface area contributed by atoms with Crippen molar-refractivity contribution in [2.45, 2.75) is 47.0 Å². The topological polar surface area (TPSA) is 37.3 Å². The lowest BCUT2D eigenvalue weighted by atomic mass is 9.92. The Bertz CT molecular complexity index is 206. The van der Waals surface area contributed by atoms with Gasteiger partial charge < -0.3 is 5.11 Å². The molecular formula is C12H22O2. The first-order valence-electron chi connectivity index (χ1n) is 5.37. The van der Waals surface area contributed by atoms with E-state index in [4.69, 9.17) is 5.11 Å². The average Bonchev–Trinajstić information content (AvgIpc) is 2.13. The second kappa shape index (κ2) is 6.63. The van der Waals surface area contributed by atoms with Crippen LogP contribution < -0.4 is 0 Å². The number of allylic oxidation sites excluding steroid dienone is 1. The van der Waals surface area contributed by atoms with E-state index in [-0.39, 0.29) is 0 Å². The van der Waals surface area contributed by atoms with Crippen LogP contribution in [0.5, 0.6) is 0 Å². The van der Waals surface area contributed by atoms with Gasteiger partial charge in [0.1, 0.15) is 0 Å². The molecular weight excluding hydrogens is 176 g/mol. The van der Waals surface area contributed by atoms with E-state index in [1.807, 2.05) is 6.08 Å². The van der Waals surface area contributed by atoms with E-state index in [2.05, 4.69) is 20.8 Å². The van der Waals surface area contributed by atoms with E-state index in [1.54, 1.807) is 6.92 Å². The van der Waals surface area contributed by atoms with Crippen LogP contribution in [0.2, 0.25) is 0 Å². The molecule has 1 N–H and O–H groups in total. The van der Waals surface area contributed by atoms with E-state index in [0.29, 0.717) is 11.5 Å². The van der Waals surface area contributed by atoms with Crippen molar-refractivity contribution in [1.82, 2.24) is 0 Å². The summed E-state index contributed by atoms with van der Waals surface area (Å²) in [7, 11) is 0. The van der Waals surface area contributed by atoms with Gasteiger partial charge in [0.05, 0.1) is 0 Å². The first kappa shape index (κ1) is 13.2. The Morgan fingerprint density at radius 2 is 1.93 bits per heavy atom. The molecule has 0 aromatic heterocycles. The summed E-state index contributed by atoms with van der Waals surface area (Å²) < 4.78 is 0. The van der Waals surface area contributed by atoms with Gasteiger partial charge in [-0.1, -0.05) is 33.3 Å². The maximum Gasteiger partial charge on any atom is 0.330 e. The SMILES string of the molecule is CCC(C)CC(C)CC=C(C)C(=O)O. The number of carboxylic acid groups (broad SMARTS) is 1. The monoisotopic (exact) mass is 198 g/mol. The number of carbonyl (C=O) groups is 1. The molecule has 0 amide bonds. The zero-order valence-corrected chi connectivity index (χ0v) is 9.71. The van der Waals surface area contributed by atoms with Gasteiger partial charge in [-0.3, -0.25) is 0 Å². The fourth-order valence-corrected chi connectivity index (χ4v) is 1.42. The molecule has 0 radical (unpaired) electrons. The first-order valence-corrected chi connectivity index (χ1v) is 5.37. The van der Waals surface area contributed by atoms with Gasteiger partial charge in [0.15, 0.2) is 0 Å². The number of rotatable bonds is 6. The van der Waals surface area contributed by atoms with Crippen LogP contribution in [-0.2, 0) is 4.79 Å². The van der Waals surface area contributed by atoms with Crippen molar-refractivity contribution < 1.29 is 9.90 Å². The molecule has 2 unspecified atom stereocenters. The minimum Gasteiger partial charge on any atom is -0.478 e. The molecule has 0 aliphatic heterocycles. The maximum atomic E-state index is 10.5. The van der Waals surface area contributed by atoms with Crippen LogP contribution >= 0.6 is 0 Å². The summed E-state index contributed by atoms with van der Waals surface area (Å²) in [6.45, 7) is 8.26. The van der Waals surface area contributed by atoms with Gasteiger partial charge >= 0.3 is 5.97 Å². The molecule has 2 heteroatoms. The van der Waals surface area contributed by atoms with E-state index >= 15 is 0 Å². The third-order valence-electron chi connectivity index (χ3n) is 2.67. The van der Waals surface area contributed by atoms with Crippen LogP contribution in [0.15, 0.2) is 11.6 Å². The van der Waals surface area contributed by atoms with E-state index in [9.17, 15) is 4.79 Å². The zero-order valence-electron chi connectivity index (χ0n) is 9.71. The lowest BCUT2D eigenvalue weighted by Gasteiger charge is -2.13. The quantitative estimate of drug-likeness (QED) is 0.663. The predicted octanol–water partition coefficient (Wildman–Crippen LogP) is 3.48. The summed E-state index contributed by atoms with van der Waals surface area (Å²) in [5.41, 5.74) is 0.459. The van der Waals surface area contributed by atoms with Crippen LogP contribution in [0.4, 0.5) is 0 Å². The Kier molecular flexibility index (Phi) is 6.26.